The lowest BCUT2D eigenvalue weighted by atomic mass is 9.96. The largest absolute Gasteiger partial charge is 0.478 e. The molecule has 1 heterocycles. The van der Waals surface area contributed by atoms with E-state index in [2.05, 4.69) is 11.5 Å². The fraction of sp³-hybridized carbons (Fsp3) is 0.400. The molecule has 18 heavy (non-hydrogen) atoms. The highest BCUT2D eigenvalue weighted by Gasteiger charge is 2.21. The number of benzene rings is 1. The van der Waals surface area contributed by atoms with Crippen LogP contribution >= 0.6 is 0 Å². The number of hydrogen-bond acceptors (Lipinski definition) is 2. The summed E-state index contributed by atoms with van der Waals surface area (Å²) in [5, 5.41) is 9.21. The summed E-state index contributed by atoms with van der Waals surface area (Å²) in [5.74, 6) is -0.825. The van der Waals surface area contributed by atoms with E-state index in [1.165, 1.54) is 0 Å². The number of carbonyl (C=O) groups is 1. The van der Waals surface area contributed by atoms with Gasteiger partial charge in [-0.05, 0) is 43.9 Å². The Balaban J connectivity index is 2.29. The van der Waals surface area contributed by atoms with Gasteiger partial charge in [-0.2, -0.15) is 0 Å². The van der Waals surface area contributed by atoms with Crippen molar-refractivity contribution in [2.45, 2.75) is 26.2 Å². The van der Waals surface area contributed by atoms with Gasteiger partial charge in [0.1, 0.15) is 0 Å². The van der Waals surface area contributed by atoms with E-state index in [1.807, 2.05) is 19.1 Å². The van der Waals surface area contributed by atoms with Gasteiger partial charge in [0.05, 0.1) is 5.56 Å². The van der Waals surface area contributed by atoms with Crippen LogP contribution in [0.2, 0.25) is 0 Å². The maximum atomic E-state index is 11.2. The van der Waals surface area contributed by atoms with Crippen molar-refractivity contribution in [3.63, 3.8) is 0 Å². The first-order valence-electron chi connectivity index (χ1n) is 6.34. The van der Waals surface area contributed by atoms with E-state index in [1.54, 1.807) is 6.07 Å². The van der Waals surface area contributed by atoms with Gasteiger partial charge < -0.3 is 10.0 Å². The van der Waals surface area contributed by atoms with Gasteiger partial charge in [-0.1, -0.05) is 11.6 Å². The highest BCUT2D eigenvalue weighted by molar-refractivity contribution is 5.91. The van der Waals surface area contributed by atoms with Crippen molar-refractivity contribution in [3.8, 4) is 0 Å². The average Bonchev–Trinajstić information content (AvgIpc) is 2.35. The van der Waals surface area contributed by atoms with E-state index in [0.717, 1.165) is 49.2 Å². The molecule has 0 saturated heterocycles. The summed E-state index contributed by atoms with van der Waals surface area (Å²) in [6.45, 7) is 7.87. The molecule has 0 spiro atoms. The van der Waals surface area contributed by atoms with Crippen LogP contribution in [0.3, 0.4) is 0 Å². The molecule has 0 aliphatic carbocycles. The number of nitrogens with zero attached hydrogens (tertiary/aromatic N) is 1. The molecule has 1 aromatic rings. The topological polar surface area (TPSA) is 40.5 Å². The molecule has 0 aromatic heterocycles. The average molecular weight is 245 g/mol. The number of fused-ring (bicyclic) bond motifs is 1. The summed E-state index contributed by atoms with van der Waals surface area (Å²) >= 11 is 0. The summed E-state index contributed by atoms with van der Waals surface area (Å²) in [6.07, 6.45) is 2.84. The van der Waals surface area contributed by atoms with E-state index in [4.69, 9.17) is 0 Å². The highest BCUT2D eigenvalue weighted by atomic mass is 16.4. The van der Waals surface area contributed by atoms with Gasteiger partial charge in [-0.3, -0.25) is 0 Å². The Kier molecular flexibility index (Phi) is 3.70. The van der Waals surface area contributed by atoms with Crippen molar-refractivity contribution in [1.29, 1.82) is 0 Å². The molecule has 0 saturated carbocycles. The predicted molar refractivity (Wildman–Crippen MR) is 73.4 cm³/mol. The zero-order valence-electron chi connectivity index (χ0n) is 10.8. The van der Waals surface area contributed by atoms with E-state index < -0.39 is 5.97 Å². The number of rotatable bonds is 4. The van der Waals surface area contributed by atoms with Gasteiger partial charge in [-0.15, -0.1) is 6.58 Å². The van der Waals surface area contributed by atoms with E-state index in [-0.39, 0.29) is 0 Å². The molecule has 0 fully saturated rings. The van der Waals surface area contributed by atoms with Crippen LogP contribution in [0.4, 0.5) is 5.69 Å². The first-order chi connectivity index (χ1) is 8.59. The van der Waals surface area contributed by atoms with Gasteiger partial charge in [-0.25, -0.2) is 4.79 Å². The molecular weight excluding hydrogens is 226 g/mol. The first kappa shape index (κ1) is 12.7. The zero-order chi connectivity index (χ0) is 13.1. The molecule has 0 bridgehead atoms. The molecule has 0 amide bonds. The Bertz CT molecular complexity index is 479. The highest BCUT2D eigenvalue weighted by Crippen LogP contribution is 2.30. The van der Waals surface area contributed by atoms with Crippen LogP contribution < -0.4 is 4.90 Å². The molecule has 0 radical (unpaired) electrons. The number of carboxylic acid groups (broad SMARTS) is 1. The molecule has 1 aliphatic rings. The lowest BCUT2D eigenvalue weighted by Gasteiger charge is -2.32. The SMILES string of the molecule is C=C(C)CCN1CCCc2c(C(=O)O)cccc21. The Morgan fingerprint density at radius 3 is 2.94 bits per heavy atom. The van der Waals surface area contributed by atoms with Crippen molar-refractivity contribution in [2.75, 3.05) is 18.0 Å². The second-order valence-electron chi connectivity index (χ2n) is 4.91. The van der Waals surface area contributed by atoms with Gasteiger partial charge in [0.25, 0.3) is 0 Å². The van der Waals surface area contributed by atoms with Gasteiger partial charge in [0.15, 0.2) is 0 Å². The molecule has 3 nitrogen and oxygen atoms in total. The van der Waals surface area contributed by atoms with Crippen LogP contribution in [0.5, 0.6) is 0 Å². The quantitative estimate of drug-likeness (QED) is 0.829. The smallest absolute Gasteiger partial charge is 0.336 e. The minimum atomic E-state index is -0.825. The monoisotopic (exact) mass is 245 g/mol. The van der Waals surface area contributed by atoms with Crippen LogP contribution in [-0.2, 0) is 6.42 Å². The van der Waals surface area contributed by atoms with Crippen molar-refractivity contribution >= 4 is 11.7 Å². The molecule has 96 valence electrons. The van der Waals surface area contributed by atoms with Crippen LogP contribution in [0.15, 0.2) is 30.4 Å². The predicted octanol–water partition coefficient (Wildman–Crippen LogP) is 3.10. The lowest BCUT2D eigenvalue weighted by molar-refractivity contribution is 0.0695. The first-order valence-corrected chi connectivity index (χ1v) is 6.34. The van der Waals surface area contributed by atoms with Crippen LogP contribution in [-0.4, -0.2) is 24.2 Å². The molecule has 1 aromatic carbocycles. The van der Waals surface area contributed by atoms with E-state index >= 15 is 0 Å². The molecular formula is C15H19NO2. The van der Waals surface area contributed by atoms with Crippen molar-refractivity contribution in [3.05, 3.63) is 41.5 Å². The third-order valence-electron chi connectivity index (χ3n) is 3.39. The standard InChI is InChI=1S/C15H19NO2/c1-11(2)8-10-16-9-4-6-12-13(15(17)18)5-3-7-14(12)16/h3,5,7H,1,4,6,8-10H2,2H3,(H,17,18). The molecule has 1 N–H and O–H groups in total. The fourth-order valence-electron chi connectivity index (χ4n) is 2.46. The number of aromatic carboxylic acids is 1. The summed E-state index contributed by atoms with van der Waals surface area (Å²) in [7, 11) is 0. The third-order valence-corrected chi connectivity index (χ3v) is 3.39. The zero-order valence-corrected chi connectivity index (χ0v) is 10.8. The maximum absolute atomic E-state index is 11.2. The molecule has 1 aliphatic heterocycles. The minimum absolute atomic E-state index is 0.451. The molecule has 0 unspecified atom stereocenters. The Labute approximate surface area is 108 Å². The van der Waals surface area contributed by atoms with Crippen molar-refractivity contribution < 1.29 is 9.90 Å². The maximum Gasteiger partial charge on any atom is 0.336 e. The molecule has 3 heteroatoms. The summed E-state index contributed by atoms with van der Waals surface area (Å²) in [5.41, 5.74) is 3.68. The number of hydrogen-bond donors (Lipinski definition) is 1. The molecule has 0 atom stereocenters. The van der Waals surface area contributed by atoms with Crippen molar-refractivity contribution in [2.24, 2.45) is 0 Å². The van der Waals surface area contributed by atoms with Gasteiger partial charge in [0, 0.05) is 18.8 Å². The van der Waals surface area contributed by atoms with E-state index in [0.29, 0.717) is 5.56 Å². The second kappa shape index (κ2) is 5.25. The summed E-state index contributed by atoms with van der Waals surface area (Å²) < 4.78 is 0. The Morgan fingerprint density at radius 2 is 2.28 bits per heavy atom. The number of anilines is 1. The number of carboxylic acids is 1. The second-order valence-corrected chi connectivity index (χ2v) is 4.91. The normalized spacial score (nSPS) is 14.2. The van der Waals surface area contributed by atoms with Gasteiger partial charge >= 0.3 is 5.97 Å². The third kappa shape index (κ3) is 2.55. The van der Waals surface area contributed by atoms with Crippen LogP contribution in [0.25, 0.3) is 0 Å². The van der Waals surface area contributed by atoms with Crippen LogP contribution in [0, 0.1) is 0 Å². The molecule has 2 rings (SSSR count). The Morgan fingerprint density at radius 1 is 1.50 bits per heavy atom. The fourth-order valence-corrected chi connectivity index (χ4v) is 2.46. The summed E-state index contributed by atoms with van der Waals surface area (Å²) in [4.78, 5) is 13.5. The lowest BCUT2D eigenvalue weighted by Crippen LogP contribution is -2.31. The summed E-state index contributed by atoms with van der Waals surface area (Å²) in [6, 6.07) is 5.56. The Hall–Kier alpha value is -1.77. The minimum Gasteiger partial charge on any atom is -0.478 e. The van der Waals surface area contributed by atoms with Crippen LogP contribution in [0.1, 0.15) is 35.7 Å². The van der Waals surface area contributed by atoms with Gasteiger partial charge in [0.2, 0.25) is 0 Å². The van der Waals surface area contributed by atoms with Crippen molar-refractivity contribution in [1.82, 2.24) is 0 Å². The van der Waals surface area contributed by atoms with E-state index in [9.17, 15) is 9.90 Å².